The number of halogens is 2. The summed E-state index contributed by atoms with van der Waals surface area (Å²) in [6.45, 7) is 0. The van der Waals surface area contributed by atoms with E-state index in [-0.39, 0.29) is 11.9 Å². The highest BCUT2D eigenvalue weighted by atomic mass is 35.5. The van der Waals surface area contributed by atoms with Gasteiger partial charge in [0.05, 0.1) is 26.8 Å². The lowest BCUT2D eigenvalue weighted by Crippen LogP contribution is -2.36. The van der Waals surface area contributed by atoms with Gasteiger partial charge in [-0.3, -0.25) is 4.79 Å². The highest BCUT2D eigenvalue weighted by molar-refractivity contribution is 6.39. The van der Waals surface area contributed by atoms with E-state index in [1.54, 1.807) is 24.3 Å². The van der Waals surface area contributed by atoms with E-state index in [0.717, 1.165) is 23.9 Å². The van der Waals surface area contributed by atoms with Gasteiger partial charge in [0.2, 0.25) is 5.95 Å². The molecule has 0 unspecified atom stereocenters. The lowest BCUT2D eigenvalue weighted by molar-refractivity contribution is 0.0928. The number of para-hydroxylation sites is 1. The van der Waals surface area contributed by atoms with E-state index in [1.165, 1.54) is 19.3 Å². The molecule has 1 amide bonds. The monoisotopic (exact) mass is 402 g/mol. The van der Waals surface area contributed by atoms with Gasteiger partial charge in [-0.2, -0.15) is 0 Å². The number of anilines is 2. The van der Waals surface area contributed by atoms with Crippen LogP contribution in [0.15, 0.2) is 36.4 Å². The van der Waals surface area contributed by atoms with Crippen molar-refractivity contribution in [2.24, 2.45) is 0 Å². The first-order chi connectivity index (χ1) is 13.1. The number of nitrogens with zero attached hydrogens (tertiary/aromatic N) is 1. The smallest absolute Gasteiger partial charge is 0.251 e. The van der Waals surface area contributed by atoms with Gasteiger partial charge in [0.25, 0.3) is 5.91 Å². The van der Waals surface area contributed by atoms with E-state index < -0.39 is 0 Å². The summed E-state index contributed by atoms with van der Waals surface area (Å²) in [5.74, 6) is 0.479. The molecule has 0 radical (unpaired) electrons. The van der Waals surface area contributed by atoms with Crippen LogP contribution in [0.2, 0.25) is 10.0 Å². The van der Waals surface area contributed by atoms with Crippen molar-refractivity contribution < 1.29 is 4.79 Å². The Balaban J connectivity index is 1.54. The number of rotatable bonds is 4. The number of nitrogens with one attached hydrogen (secondary N) is 3. The van der Waals surface area contributed by atoms with Crippen molar-refractivity contribution in [3.63, 3.8) is 0 Å². The molecule has 1 aliphatic rings. The fourth-order valence-corrected chi connectivity index (χ4v) is 3.95. The molecule has 0 spiro atoms. The van der Waals surface area contributed by atoms with Crippen LogP contribution in [-0.2, 0) is 0 Å². The Morgan fingerprint density at radius 1 is 1.07 bits per heavy atom. The van der Waals surface area contributed by atoms with Gasteiger partial charge >= 0.3 is 0 Å². The average Bonchev–Trinajstić information content (AvgIpc) is 3.07. The van der Waals surface area contributed by atoms with Crippen LogP contribution in [0.25, 0.3) is 11.0 Å². The van der Waals surface area contributed by atoms with E-state index in [1.807, 2.05) is 12.1 Å². The fraction of sp³-hybridized carbons (Fsp3) is 0.300. The van der Waals surface area contributed by atoms with Gasteiger partial charge in [-0.1, -0.05) is 48.5 Å². The van der Waals surface area contributed by atoms with Crippen LogP contribution >= 0.6 is 23.2 Å². The second-order valence-corrected chi connectivity index (χ2v) is 7.66. The Labute approximate surface area is 167 Å². The zero-order valence-corrected chi connectivity index (χ0v) is 16.2. The third-order valence-electron chi connectivity index (χ3n) is 4.89. The van der Waals surface area contributed by atoms with Crippen LogP contribution in [0, 0.1) is 0 Å². The molecule has 140 valence electrons. The van der Waals surface area contributed by atoms with E-state index in [9.17, 15) is 4.79 Å². The van der Waals surface area contributed by atoms with Crippen molar-refractivity contribution in [3.05, 3.63) is 52.0 Å². The highest BCUT2D eigenvalue weighted by Crippen LogP contribution is 2.32. The molecule has 4 rings (SSSR count). The number of benzene rings is 2. The first-order valence-corrected chi connectivity index (χ1v) is 9.87. The minimum absolute atomic E-state index is 0.0398. The Bertz CT molecular complexity index is 959. The first-order valence-electron chi connectivity index (χ1n) is 9.12. The van der Waals surface area contributed by atoms with E-state index in [0.29, 0.717) is 27.2 Å². The molecule has 1 saturated carbocycles. The van der Waals surface area contributed by atoms with Gasteiger partial charge in [-0.25, -0.2) is 4.98 Å². The number of fused-ring (bicyclic) bond motifs is 1. The summed E-state index contributed by atoms with van der Waals surface area (Å²) in [6.07, 6.45) is 5.75. The number of imidazole rings is 1. The molecule has 0 aliphatic heterocycles. The molecular formula is C20H20Cl2N4O. The van der Waals surface area contributed by atoms with Gasteiger partial charge < -0.3 is 15.6 Å². The molecule has 0 bridgehead atoms. The van der Waals surface area contributed by atoms with E-state index in [4.69, 9.17) is 23.2 Å². The van der Waals surface area contributed by atoms with Gasteiger partial charge in [0, 0.05) is 11.6 Å². The summed E-state index contributed by atoms with van der Waals surface area (Å²) in [7, 11) is 0. The van der Waals surface area contributed by atoms with E-state index in [2.05, 4.69) is 20.6 Å². The molecule has 2 aromatic carbocycles. The summed E-state index contributed by atoms with van der Waals surface area (Å²) < 4.78 is 0. The number of amides is 1. The van der Waals surface area contributed by atoms with Gasteiger partial charge in [0.1, 0.15) is 0 Å². The van der Waals surface area contributed by atoms with Crippen LogP contribution < -0.4 is 10.6 Å². The van der Waals surface area contributed by atoms with Gasteiger partial charge in [-0.15, -0.1) is 0 Å². The summed E-state index contributed by atoms with van der Waals surface area (Å²) >= 11 is 12.4. The molecule has 5 nitrogen and oxygen atoms in total. The normalized spacial score (nSPS) is 15.0. The van der Waals surface area contributed by atoms with Gasteiger partial charge in [-0.05, 0) is 43.2 Å². The first kappa shape index (κ1) is 18.1. The molecule has 3 N–H and O–H groups in total. The standard InChI is InChI=1S/C20H20Cl2N4O/c21-14-7-4-8-15(22)18(14)26-20-24-16-10-9-12(11-17(16)25-20)19(27)23-13-5-2-1-3-6-13/h4,7-11,13H,1-3,5-6H2,(H,23,27)(H2,24,25,26). The highest BCUT2D eigenvalue weighted by Gasteiger charge is 2.17. The molecule has 1 fully saturated rings. The number of hydrogen-bond donors (Lipinski definition) is 3. The average molecular weight is 403 g/mol. The van der Waals surface area contributed by atoms with Crippen molar-refractivity contribution in [2.75, 3.05) is 5.32 Å². The number of aromatic nitrogens is 2. The van der Waals surface area contributed by atoms with Crippen LogP contribution in [0.5, 0.6) is 0 Å². The maximum atomic E-state index is 12.5. The minimum Gasteiger partial charge on any atom is -0.349 e. The molecule has 0 saturated heterocycles. The minimum atomic E-state index is -0.0398. The summed E-state index contributed by atoms with van der Waals surface area (Å²) in [6, 6.07) is 11.0. The van der Waals surface area contributed by atoms with Crippen molar-refractivity contribution >= 4 is 51.8 Å². The SMILES string of the molecule is O=C(NC1CCCCC1)c1ccc2nc(Nc3c(Cl)cccc3Cl)[nH]c2c1. The zero-order chi connectivity index (χ0) is 18.8. The lowest BCUT2D eigenvalue weighted by Gasteiger charge is -2.22. The predicted molar refractivity (Wildman–Crippen MR) is 110 cm³/mol. The van der Waals surface area contributed by atoms with Crippen LogP contribution in [0.3, 0.4) is 0 Å². The van der Waals surface area contributed by atoms with Crippen molar-refractivity contribution in [3.8, 4) is 0 Å². The van der Waals surface area contributed by atoms with Crippen LogP contribution in [0.1, 0.15) is 42.5 Å². The predicted octanol–water partition coefficient (Wildman–Crippen LogP) is 5.68. The Morgan fingerprint density at radius 2 is 1.81 bits per heavy atom. The number of H-pyrrole nitrogens is 1. The van der Waals surface area contributed by atoms with Crippen molar-refractivity contribution in [1.29, 1.82) is 0 Å². The van der Waals surface area contributed by atoms with Crippen LogP contribution in [-0.4, -0.2) is 21.9 Å². The second kappa shape index (κ2) is 7.79. The van der Waals surface area contributed by atoms with E-state index >= 15 is 0 Å². The summed E-state index contributed by atoms with van der Waals surface area (Å²) in [5.41, 5.74) is 2.75. The number of carbonyl (C=O) groups is 1. The van der Waals surface area contributed by atoms with Crippen molar-refractivity contribution in [1.82, 2.24) is 15.3 Å². The maximum Gasteiger partial charge on any atom is 0.251 e. The number of carbonyl (C=O) groups excluding carboxylic acids is 1. The van der Waals surface area contributed by atoms with Crippen molar-refractivity contribution in [2.45, 2.75) is 38.1 Å². The maximum absolute atomic E-state index is 12.5. The van der Waals surface area contributed by atoms with Gasteiger partial charge in [0.15, 0.2) is 0 Å². The largest absolute Gasteiger partial charge is 0.349 e. The molecule has 7 heteroatoms. The zero-order valence-electron chi connectivity index (χ0n) is 14.7. The molecule has 3 aromatic rings. The molecule has 1 aliphatic carbocycles. The third-order valence-corrected chi connectivity index (χ3v) is 5.52. The Hall–Kier alpha value is -2.24. The fourth-order valence-electron chi connectivity index (χ4n) is 3.46. The topological polar surface area (TPSA) is 69.8 Å². The van der Waals surface area contributed by atoms with Crippen LogP contribution in [0.4, 0.5) is 11.6 Å². The molecule has 1 aromatic heterocycles. The quantitative estimate of drug-likeness (QED) is 0.525. The molecule has 27 heavy (non-hydrogen) atoms. The molecule has 0 atom stereocenters. The molecule has 1 heterocycles. The third kappa shape index (κ3) is 4.04. The Kier molecular flexibility index (Phi) is 5.23. The summed E-state index contributed by atoms with van der Waals surface area (Å²) in [5, 5.41) is 7.27. The second-order valence-electron chi connectivity index (χ2n) is 6.85. The Morgan fingerprint density at radius 3 is 2.56 bits per heavy atom. The summed E-state index contributed by atoms with van der Waals surface area (Å²) in [4.78, 5) is 20.2. The lowest BCUT2D eigenvalue weighted by atomic mass is 9.95. The number of aromatic amines is 1. The molecular weight excluding hydrogens is 383 g/mol. The number of hydrogen-bond acceptors (Lipinski definition) is 3.